The van der Waals surface area contributed by atoms with Crippen LogP contribution in [0.4, 0.5) is 0 Å². The van der Waals surface area contributed by atoms with Gasteiger partial charge >= 0.3 is 5.97 Å². The van der Waals surface area contributed by atoms with Gasteiger partial charge in [0.05, 0.1) is 5.92 Å². The number of carboxylic acid groups (broad SMARTS) is 1. The standard InChI is InChI=1S/C21H29NO3/c23-20(22-19-12-10-18(11-13-19)21(24)25)14-15-6-8-17(9-7-15)16-4-2-1-3-5-16/h1-5,15,17-19H,6-14H2,(H,22,23)(H,24,25). The zero-order valence-corrected chi connectivity index (χ0v) is 14.8. The van der Waals surface area contributed by atoms with E-state index < -0.39 is 5.97 Å². The van der Waals surface area contributed by atoms with Crippen molar-refractivity contribution in [3.63, 3.8) is 0 Å². The Balaban J connectivity index is 1.38. The summed E-state index contributed by atoms with van der Waals surface area (Å²) in [7, 11) is 0. The number of aliphatic carboxylic acids is 1. The highest BCUT2D eigenvalue weighted by Gasteiger charge is 2.28. The Labute approximate surface area is 150 Å². The van der Waals surface area contributed by atoms with Gasteiger partial charge in [-0.25, -0.2) is 0 Å². The first kappa shape index (κ1) is 18.0. The zero-order chi connectivity index (χ0) is 17.6. The van der Waals surface area contributed by atoms with E-state index in [1.807, 2.05) is 0 Å². The number of benzene rings is 1. The lowest BCUT2D eigenvalue weighted by Crippen LogP contribution is -2.39. The molecule has 2 aliphatic rings. The van der Waals surface area contributed by atoms with E-state index in [9.17, 15) is 9.59 Å². The smallest absolute Gasteiger partial charge is 0.306 e. The fourth-order valence-electron chi connectivity index (χ4n) is 4.46. The lowest BCUT2D eigenvalue weighted by atomic mass is 9.77. The number of rotatable bonds is 5. The van der Waals surface area contributed by atoms with Crippen LogP contribution in [0.1, 0.15) is 69.3 Å². The van der Waals surface area contributed by atoms with Crippen LogP contribution in [0, 0.1) is 11.8 Å². The highest BCUT2D eigenvalue weighted by atomic mass is 16.4. The molecule has 0 radical (unpaired) electrons. The molecular formula is C21H29NO3. The van der Waals surface area contributed by atoms with Gasteiger partial charge in [-0.15, -0.1) is 0 Å². The van der Waals surface area contributed by atoms with Crippen molar-refractivity contribution in [2.75, 3.05) is 0 Å². The molecule has 136 valence electrons. The summed E-state index contributed by atoms with van der Waals surface area (Å²) >= 11 is 0. The summed E-state index contributed by atoms with van der Waals surface area (Å²) in [4.78, 5) is 23.3. The molecule has 0 atom stereocenters. The molecule has 2 aliphatic carbocycles. The molecule has 1 aromatic carbocycles. The Morgan fingerprint density at radius 2 is 1.56 bits per heavy atom. The number of nitrogens with one attached hydrogen (secondary N) is 1. The van der Waals surface area contributed by atoms with Crippen molar-refractivity contribution >= 4 is 11.9 Å². The molecular weight excluding hydrogens is 314 g/mol. The van der Waals surface area contributed by atoms with Gasteiger partial charge in [0.2, 0.25) is 5.91 Å². The van der Waals surface area contributed by atoms with E-state index in [2.05, 4.69) is 35.6 Å². The van der Waals surface area contributed by atoms with Gasteiger partial charge in [-0.05, 0) is 68.8 Å². The predicted octanol–water partition coefficient (Wildman–Crippen LogP) is 4.11. The Bertz CT molecular complexity index is 570. The van der Waals surface area contributed by atoms with Gasteiger partial charge < -0.3 is 10.4 Å². The first-order chi connectivity index (χ1) is 12.1. The van der Waals surface area contributed by atoms with Crippen LogP contribution in [0.2, 0.25) is 0 Å². The van der Waals surface area contributed by atoms with Crippen LogP contribution in [-0.4, -0.2) is 23.0 Å². The van der Waals surface area contributed by atoms with Gasteiger partial charge in [-0.3, -0.25) is 9.59 Å². The van der Waals surface area contributed by atoms with Crippen molar-refractivity contribution in [3.8, 4) is 0 Å². The van der Waals surface area contributed by atoms with E-state index in [-0.39, 0.29) is 17.9 Å². The molecule has 4 heteroatoms. The lowest BCUT2D eigenvalue weighted by Gasteiger charge is -2.30. The number of hydrogen-bond donors (Lipinski definition) is 2. The number of carbonyl (C=O) groups excluding carboxylic acids is 1. The molecule has 4 nitrogen and oxygen atoms in total. The molecule has 0 saturated heterocycles. The summed E-state index contributed by atoms with van der Waals surface area (Å²) in [5.41, 5.74) is 1.43. The van der Waals surface area contributed by atoms with Crippen LogP contribution in [0.5, 0.6) is 0 Å². The van der Waals surface area contributed by atoms with Crippen molar-refractivity contribution < 1.29 is 14.7 Å². The number of hydrogen-bond acceptors (Lipinski definition) is 2. The molecule has 0 bridgehead atoms. The number of carbonyl (C=O) groups is 2. The molecule has 2 N–H and O–H groups in total. The Kier molecular flexibility index (Phi) is 6.11. The van der Waals surface area contributed by atoms with Gasteiger partial charge in [0, 0.05) is 12.5 Å². The van der Waals surface area contributed by atoms with E-state index in [1.54, 1.807) is 0 Å². The summed E-state index contributed by atoms with van der Waals surface area (Å²) in [5.74, 6) is 0.380. The number of carboxylic acids is 1. The summed E-state index contributed by atoms with van der Waals surface area (Å²) in [6, 6.07) is 10.9. The van der Waals surface area contributed by atoms with Crippen molar-refractivity contribution in [1.82, 2.24) is 5.32 Å². The average molecular weight is 343 g/mol. The van der Waals surface area contributed by atoms with Crippen LogP contribution in [-0.2, 0) is 9.59 Å². The van der Waals surface area contributed by atoms with Gasteiger partial charge in [0.25, 0.3) is 0 Å². The highest BCUT2D eigenvalue weighted by Crippen LogP contribution is 2.37. The second-order valence-corrected chi connectivity index (χ2v) is 7.79. The van der Waals surface area contributed by atoms with Crippen LogP contribution < -0.4 is 5.32 Å². The van der Waals surface area contributed by atoms with Gasteiger partial charge in [-0.1, -0.05) is 30.3 Å². The van der Waals surface area contributed by atoms with E-state index >= 15 is 0 Å². The fourth-order valence-corrected chi connectivity index (χ4v) is 4.46. The molecule has 0 unspecified atom stereocenters. The molecule has 1 aromatic rings. The predicted molar refractivity (Wildman–Crippen MR) is 97.3 cm³/mol. The second kappa shape index (κ2) is 8.50. The minimum Gasteiger partial charge on any atom is -0.481 e. The lowest BCUT2D eigenvalue weighted by molar-refractivity contribution is -0.142. The molecule has 2 saturated carbocycles. The Morgan fingerprint density at radius 3 is 2.16 bits per heavy atom. The van der Waals surface area contributed by atoms with Crippen LogP contribution in [0.15, 0.2) is 30.3 Å². The average Bonchev–Trinajstić information content (AvgIpc) is 2.63. The van der Waals surface area contributed by atoms with E-state index in [1.165, 1.54) is 18.4 Å². The summed E-state index contributed by atoms with van der Waals surface area (Å²) in [6.45, 7) is 0. The third-order valence-corrected chi connectivity index (χ3v) is 6.03. The maximum absolute atomic E-state index is 12.3. The largest absolute Gasteiger partial charge is 0.481 e. The molecule has 0 spiro atoms. The van der Waals surface area contributed by atoms with Gasteiger partial charge in [-0.2, -0.15) is 0 Å². The molecule has 3 rings (SSSR count). The Morgan fingerprint density at radius 1 is 0.920 bits per heavy atom. The van der Waals surface area contributed by atoms with Crippen LogP contribution in [0.25, 0.3) is 0 Å². The van der Waals surface area contributed by atoms with Gasteiger partial charge in [0.15, 0.2) is 0 Å². The van der Waals surface area contributed by atoms with E-state index in [4.69, 9.17) is 5.11 Å². The first-order valence-corrected chi connectivity index (χ1v) is 9.69. The van der Waals surface area contributed by atoms with Crippen molar-refractivity contribution in [1.29, 1.82) is 0 Å². The first-order valence-electron chi connectivity index (χ1n) is 9.69. The monoisotopic (exact) mass is 343 g/mol. The van der Waals surface area contributed by atoms with E-state index in [0.717, 1.165) is 25.7 Å². The summed E-state index contributed by atoms with van der Waals surface area (Å²) < 4.78 is 0. The van der Waals surface area contributed by atoms with Crippen molar-refractivity contribution in [3.05, 3.63) is 35.9 Å². The molecule has 0 aromatic heterocycles. The Hall–Kier alpha value is -1.84. The van der Waals surface area contributed by atoms with Crippen LogP contribution >= 0.6 is 0 Å². The minimum atomic E-state index is -0.694. The summed E-state index contributed by atoms with van der Waals surface area (Å²) in [5, 5.41) is 12.2. The zero-order valence-electron chi connectivity index (χ0n) is 14.8. The minimum absolute atomic E-state index is 0.155. The normalized spacial score (nSPS) is 29.8. The quantitative estimate of drug-likeness (QED) is 0.845. The third-order valence-electron chi connectivity index (χ3n) is 6.03. The maximum Gasteiger partial charge on any atom is 0.306 e. The molecule has 0 heterocycles. The molecule has 0 aliphatic heterocycles. The fraction of sp³-hybridized carbons (Fsp3) is 0.619. The van der Waals surface area contributed by atoms with Crippen molar-refractivity contribution in [2.45, 2.75) is 69.7 Å². The second-order valence-electron chi connectivity index (χ2n) is 7.79. The summed E-state index contributed by atoms with van der Waals surface area (Å²) in [6.07, 6.45) is 8.17. The van der Waals surface area contributed by atoms with Crippen molar-refractivity contribution in [2.24, 2.45) is 11.8 Å². The van der Waals surface area contributed by atoms with Gasteiger partial charge in [0.1, 0.15) is 0 Å². The molecule has 1 amide bonds. The topological polar surface area (TPSA) is 66.4 Å². The number of amides is 1. The maximum atomic E-state index is 12.3. The molecule has 2 fully saturated rings. The van der Waals surface area contributed by atoms with E-state index in [0.29, 0.717) is 31.1 Å². The molecule has 25 heavy (non-hydrogen) atoms. The van der Waals surface area contributed by atoms with Crippen LogP contribution in [0.3, 0.4) is 0 Å². The highest BCUT2D eigenvalue weighted by molar-refractivity contribution is 5.76. The third kappa shape index (κ3) is 5.07. The SMILES string of the molecule is O=C(CC1CCC(c2ccccc2)CC1)NC1CCC(C(=O)O)CC1.